The quantitative estimate of drug-likeness (QED) is 0.568. The Morgan fingerprint density at radius 3 is 2.60 bits per heavy atom. The van der Waals surface area contributed by atoms with E-state index in [-0.39, 0.29) is 17.4 Å². The Bertz CT molecular complexity index is 904. The summed E-state index contributed by atoms with van der Waals surface area (Å²) in [6.07, 6.45) is 8.39. The van der Waals surface area contributed by atoms with Gasteiger partial charge in [0.1, 0.15) is 6.10 Å². The average Bonchev–Trinajstić information content (AvgIpc) is 3.25. The maximum absolute atomic E-state index is 13.1. The lowest BCUT2D eigenvalue weighted by molar-refractivity contribution is -0.118. The maximum Gasteiger partial charge on any atom is 0.233 e. The Balaban J connectivity index is 1.81. The second-order valence-electron chi connectivity index (χ2n) is 7.60. The van der Waals surface area contributed by atoms with Crippen LogP contribution in [-0.2, 0) is 15.6 Å². The van der Waals surface area contributed by atoms with Gasteiger partial charge in [0.25, 0.3) is 0 Å². The minimum absolute atomic E-state index is 0.215. The zero-order valence-electron chi connectivity index (χ0n) is 16.8. The largest absolute Gasteiger partial charge is 0.393 e. The highest BCUT2D eigenvalue weighted by molar-refractivity contribution is 7.84. The van der Waals surface area contributed by atoms with Crippen molar-refractivity contribution in [2.24, 2.45) is 5.92 Å². The number of benzene rings is 1. The first-order valence-electron chi connectivity index (χ1n) is 9.93. The molecule has 1 amide bonds. The Kier molecular flexibility index (Phi) is 7.93. The summed E-state index contributed by atoms with van der Waals surface area (Å²) < 4.78 is 11.8. The number of nitrogens with zero attached hydrogens (tertiary/aromatic N) is 2. The fraction of sp³-hybridized carbons (Fsp3) is 0.476. The van der Waals surface area contributed by atoms with Crippen molar-refractivity contribution >= 4 is 34.1 Å². The number of hydrogen-bond acceptors (Lipinski definition) is 6. The van der Waals surface area contributed by atoms with E-state index in [1.54, 1.807) is 18.4 Å². The predicted octanol–water partition coefficient (Wildman–Crippen LogP) is 3.20. The van der Waals surface area contributed by atoms with Crippen LogP contribution in [0.4, 0.5) is 5.82 Å². The van der Waals surface area contributed by atoms with Gasteiger partial charge in [-0.3, -0.25) is 14.0 Å². The molecule has 0 bridgehead atoms. The average molecular weight is 452 g/mol. The first kappa shape index (κ1) is 22.8. The van der Waals surface area contributed by atoms with Crippen LogP contribution in [-0.4, -0.2) is 43.2 Å². The lowest BCUT2D eigenvalue weighted by Gasteiger charge is -2.21. The van der Waals surface area contributed by atoms with Gasteiger partial charge >= 0.3 is 0 Å². The van der Waals surface area contributed by atoms with Crippen molar-refractivity contribution in [3.05, 3.63) is 46.9 Å². The fourth-order valence-electron chi connectivity index (χ4n) is 3.82. The normalized spacial score (nSPS) is 17.5. The monoisotopic (exact) mass is 451 g/mol. The van der Waals surface area contributed by atoms with Crippen molar-refractivity contribution in [2.75, 3.05) is 18.2 Å². The third kappa shape index (κ3) is 5.63. The molecule has 0 spiro atoms. The fourth-order valence-corrected chi connectivity index (χ4v) is 4.93. The molecule has 1 heterocycles. The van der Waals surface area contributed by atoms with Crippen molar-refractivity contribution < 1.29 is 19.2 Å². The summed E-state index contributed by atoms with van der Waals surface area (Å²) in [5.41, 5.74) is 1.01. The number of amides is 1. The Labute approximate surface area is 183 Å². The standard InChI is InChI=1S/C21H26ClN3O4S/c1-30(29)19-7-6-14(9-16(19)22)15(8-13-4-2-3-5-13)21(28)25-20-11-23-17(10-24-20)18(27)12-26/h6-7,9-11,13,15,18,26-27H,2-5,8,12H2,1H3,(H,24,25,28). The number of hydrogen-bond donors (Lipinski definition) is 3. The number of aliphatic hydroxyl groups is 2. The summed E-state index contributed by atoms with van der Waals surface area (Å²) in [6, 6.07) is 5.26. The van der Waals surface area contributed by atoms with Crippen LogP contribution in [0.3, 0.4) is 0 Å². The highest BCUT2D eigenvalue weighted by Gasteiger charge is 2.28. The molecule has 1 saturated carbocycles. The SMILES string of the molecule is CS(=O)c1ccc(C(CC2CCCC2)C(=O)Nc2cnc(C(O)CO)cn2)cc1Cl. The van der Waals surface area contributed by atoms with Crippen LogP contribution in [0.2, 0.25) is 5.02 Å². The molecule has 1 aromatic carbocycles. The van der Waals surface area contributed by atoms with Crippen LogP contribution in [0, 0.1) is 5.92 Å². The van der Waals surface area contributed by atoms with Gasteiger partial charge in [-0.15, -0.1) is 0 Å². The van der Waals surface area contributed by atoms with Gasteiger partial charge < -0.3 is 15.5 Å². The lowest BCUT2D eigenvalue weighted by atomic mass is 9.87. The molecule has 2 aromatic rings. The second-order valence-corrected chi connectivity index (χ2v) is 9.35. The van der Waals surface area contributed by atoms with Crippen LogP contribution in [0.5, 0.6) is 0 Å². The molecule has 7 nitrogen and oxygen atoms in total. The summed E-state index contributed by atoms with van der Waals surface area (Å²) >= 11 is 6.32. The zero-order chi connectivity index (χ0) is 21.7. The minimum Gasteiger partial charge on any atom is -0.393 e. The van der Waals surface area contributed by atoms with Crippen molar-refractivity contribution in [2.45, 2.75) is 49.0 Å². The number of carbonyl (C=O) groups is 1. The van der Waals surface area contributed by atoms with Gasteiger partial charge in [0.15, 0.2) is 5.82 Å². The Morgan fingerprint density at radius 2 is 2.03 bits per heavy atom. The topological polar surface area (TPSA) is 112 Å². The number of aliphatic hydroxyl groups excluding tert-OH is 2. The number of carbonyl (C=O) groups excluding carboxylic acids is 1. The van der Waals surface area contributed by atoms with E-state index < -0.39 is 29.4 Å². The molecule has 3 unspecified atom stereocenters. The molecular formula is C21H26ClN3O4S. The van der Waals surface area contributed by atoms with Crippen LogP contribution < -0.4 is 5.32 Å². The van der Waals surface area contributed by atoms with E-state index >= 15 is 0 Å². The minimum atomic E-state index is -1.20. The predicted molar refractivity (Wildman–Crippen MR) is 116 cm³/mol. The van der Waals surface area contributed by atoms with Gasteiger partial charge in [-0.25, -0.2) is 4.98 Å². The van der Waals surface area contributed by atoms with E-state index in [1.165, 1.54) is 25.2 Å². The van der Waals surface area contributed by atoms with Gasteiger partial charge in [-0.2, -0.15) is 0 Å². The van der Waals surface area contributed by atoms with Crippen LogP contribution in [0.25, 0.3) is 0 Å². The number of halogens is 1. The van der Waals surface area contributed by atoms with E-state index in [1.807, 2.05) is 6.07 Å². The van der Waals surface area contributed by atoms with Crippen LogP contribution in [0.15, 0.2) is 35.5 Å². The number of aromatic nitrogens is 2. The summed E-state index contributed by atoms with van der Waals surface area (Å²) in [4.78, 5) is 21.8. The van der Waals surface area contributed by atoms with Gasteiger partial charge in [-0.1, -0.05) is 43.4 Å². The molecule has 3 rings (SSSR count). The first-order valence-corrected chi connectivity index (χ1v) is 11.9. The molecule has 3 N–H and O–H groups in total. The van der Waals surface area contributed by atoms with E-state index in [4.69, 9.17) is 16.7 Å². The molecule has 162 valence electrons. The molecule has 0 saturated heterocycles. The Morgan fingerprint density at radius 1 is 1.30 bits per heavy atom. The van der Waals surface area contributed by atoms with Gasteiger partial charge in [0.2, 0.25) is 5.91 Å². The van der Waals surface area contributed by atoms with Crippen molar-refractivity contribution in [3.8, 4) is 0 Å². The number of anilines is 1. The van der Waals surface area contributed by atoms with Gasteiger partial charge in [0.05, 0.1) is 51.3 Å². The lowest BCUT2D eigenvalue weighted by Crippen LogP contribution is -2.24. The number of nitrogens with one attached hydrogen (secondary N) is 1. The number of rotatable bonds is 8. The summed E-state index contributed by atoms with van der Waals surface area (Å²) in [7, 11) is -1.20. The third-order valence-electron chi connectivity index (χ3n) is 5.47. The summed E-state index contributed by atoms with van der Waals surface area (Å²) in [5, 5.41) is 21.8. The summed E-state index contributed by atoms with van der Waals surface area (Å²) in [6.45, 7) is -0.455. The second kappa shape index (κ2) is 10.4. The highest BCUT2D eigenvalue weighted by atomic mass is 35.5. The molecular weight excluding hydrogens is 426 g/mol. The molecule has 1 aromatic heterocycles. The van der Waals surface area contributed by atoms with Crippen molar-refractivity contribution in [3.63, 3.8) is 0 Å². The van der Waals surface area contributed by atoms with Crippen molar-refractivity contribution in [1.82, 2.24) is 9.97 Å². The Hall–Kier alpha value is -1.87. The molecule has 1 fully saturated rings. The molecule has 1 aliphatic rings. The van der Waals surface area contributed by atoms with Crippen LogP contribution >= 0.6 is 11.6 Å². The first-order chi connectivity index (χ1) is 14.4. The third-order valence-corrected chi connectivity index (χ3v) is 6.87. The van der Waals surface area contributed by atoms with Gasteiger partial charge in [-0.05, 0) is 30.0 Å². The zero-order valence-corrected chi connectivity index (χ0v) is 18.3. The van der Waals surface area contributed by atoms with E-state index in [2.05, 4.69) is 15.3 Å². The van der Waals surface area contributed by atoms with Crippen molar-refractivity contribution in [1.29, 1.82) is 0 Å². The molecule has 0 radical (unpaired) electrons. The smallest absolute Gasteiger partial charge is 0.233 e. The van der Waals surface area contributed by atoms with Gasteiger partial charge in [0, 0.05) is 6.26 Å². The summed E-state index contributed by atoms with van der Waals surface area (Å²) in [5.74, 6) is 0.0953. The van der Waals surface area contributed by atoms with E-state index in [0.29, 0.717) is 22.3 Å². The molecule has 3 atom stereocenters. The molecule has 1 aliphatic carbocycles. The maximum atomic E-state index is 13.1. The van der Waals surface area contributed by atoms with E-state index in [9.17, 15) is 14.1 Å². The molecule has 0 aliphatic heterocycles. The molecule has 9 heteroatoms. The molecule has 30 heavy (non-hydrogen) atoms. The van der Waals surface area contributed by atoms with E-state index in [0.717, 1.165) is 18.4 Å². The van der Waals surface area contributed by atoms with Crippen LogP contribution in [0.1, 0.15) is 55.4 Å². The highest BCUT2D eigenvalue weighted by Crippen LogP contribution is 2.36.